The summed E-state index contributed by atoms with van der Waals surface area (Å²) in [4.78, 5) is 16.2. The van der Waals surface area contributed by atoms with Crippen molar-refractivity contribution in [3.63, 3.8) is 0 Å². The van der Waals surface area contributed by atoms with Crippen LogP contribution in [-0.2, 0) is 0 Å². The van der Waals surface area contributed by atoms with Crippen LogP contribution in [0, 0.1) is 12.8 Å². The monoisotopic (exact) mass is 327 g/mol. The normalized spacial score (nSPS) is 17.7. The van der Waals surface area contributed by atoms with Gasteiger partial charge in [0, 0.05) is 0 Å². The number of carbonyl (C=O) groups is 1. The van der Waals surface area contributed by atoms with Crippen LogP contribution >= 0.6 is 15.9 Å². The Bertz CT molecular complexity index is 491. The van der Waals surface area contributed by atoms with Gasteiger partial charge in [-0.3, -0.25) is 0 Å². The molecule has 1 saturated carbocycles. The first-order valence-corrected chi connectivity index (χ1v) is 7.07. The molecule has 0 aliphatic heterocycles. The molecular weight excluding hydrogens is 310 g/mol. The van der Waals surface area contributed by atoms with Crippen LogP contribution < -0.4 is 10.6 Å². The molecule has 0 spiro atoms. The number of aliphatic hydroxyl groups excluding tert-OH is 1. The van der Waals surface area contributed by atoms with Crippen molar-refractivity contribution < 1.29 is 9.90 Å². The third-order valence-electron chi connectivity index (χ3n) is 3.51. The van der Waals surface area contributed by atoms with Gasteiger partial charge in [-0.05, 0) is 60.7 Å². The first-order valence-electron chi connectivity index (χ1n) is 6.28. The van der Waals surface area contributed by atoms with Crippen LogP contribution in [-0.4, -0.2) is 28.3 Å². The summed E-state index contributed by atoms with van der Waals surface area (Å²) in [5.41, 5.74) is 0.860. The molecule has 1 aromatic heterocycles. The van der Waals surface area contributed by atoms with E-state index in [2.05, 4.69) is 31.5 Å². The van der Waals surface area contributed by atoms with Crippen molar-refractivity contribution in [2.45, 2.75) is 32.2 Å². The van der Waals surface area contributed by atoms with Gasteiger partial charge in [0.2, 0.25) is 0 Å². The number of halogens is 1. The molecule has 1 aromatic rings. The molecule has 0 aromatic carbocycles. The van der Waals surface area contributed by atoms with Gasteiger partial charge >= 0.3 is 6.03 Å². The number of anilines is 1. The molecule has 1 unspecified atom stereocenters. The number of aryl methyl sites for hydroxylation is 1. The highest BCUT2D eigenvalue weighted by Gasteiger charge is 2.42. The lowest BCUT2D eigenvalue weighted by atomic mass is 9.97. The SMILES string of the molecule is Cc1nc(Br)ccc1NC(=O)NC(C)(CO)C1CC1. The van der Waals surface area contributed by atoms with E-state index in [-0.39, 0.29) is 12.6 Å². The Morgan fingerprint density at radius 3 is 2.79 bits per heavy atom. The van der Waals surface area contributed by atoms with Crippen LogP contribution in [0.3, 0.4) is 0 Å². The molecule has 0 bridgehead atoms. The van der Waals surface area contributed by atoms with Gasteiger partial charge < -0.3 is 15.7 Å². The lowest BCUT2D eigenvalue weighted by Crippen LogP contribution is -2.52. The van der Waals surface area contributed by atoms with E-state index in [1.165, 1.54) is 0 Å². The lowest BCUT2D eigenvalue weighted by molar-refractivity contribution is 0.159. The summed E-state index contributed by atoms with van der Waals surface area (Å²) in [5, 5.41) is 15.1. The van der Waals surface area contributed by atoms with Gasteiger partial charge in [-0.1, -0.05) is 0 Å². The molecule has 104 valence electrons. The minimum atomic E-state index is -0.541. The number of nitrogens with one attached hydrogen (secondary N) is 2. The van der Waals surface area contributed by atoms with E-state index in [1.807, 2.05) is 13.8 Å². The summed E-state index contributed by atoms with van der Waals surface area (Å²) >= 11 is 3.28. The van der Waals surface area contributed by atoms with Crippen LogP contribution in [0.15, 0.2) is 16.7 Å². The summed E-state index contributed by atoms with van der Waals surface area (Å²) in [6.07, 6.45) is 2.10. The number of carbonyl (C=O) groups excluding carboxylic acids is 1. The van der Waals surface area contributed by atoms with E-state index in [9.17, 15) is 9.90 Å². The minimum absolute atomic E-state index is 0.0529. The maximum absolute atomic E-state index is 12.0. The average Bonchev–Trinajstić information content (AvgIpc) is 3.17. The summed E-state index contributed by atoms with van der Waals surface area (Å²) < 4.78 is 0.731. The van der Waals surface area contributed by atoms with Gasteiger partial charge in [0.25, 0.3) is 0 Å². The molecule has 6 heteroatoms. The molecule has 19 heavy (non-hydrogen) atoms. The smallest absolute Gasteiger partial charge is 0.319 e. The number of hydrogen-bond donors (Lipinski definition) is 3. The van der Waals surface area contributed by atoms with E-state index in [0.29, 0.717) is 11.6 Å². The second-order valence-electron chi connectivity index (χ2n) is 5.20. The molecule has 1 heterocycles. The zero-order chi connectivity index (χ0) is 14.0. The summed E-state index contributed by atoms with van der Waals surface area (Å²) in [6, 6.07) is 3.25. The summed E-state index contributed by atoms with van der Waals surface area (Å²) in [7, 11) is 0. The van der Waals surface area contributed by atoms with Crippen molar-refractivity contribution in [2.24, 2.45) is 5.92 Å². The zero-order valence-corrected chi connectivity index (χ0v) is 12.6. The summed E-state index contributed by atoms with van der Waals surface area (Å²) in [5.74, 6) is 0.368. The maximum atomic E-state index is 12.0. The van der Waals surface area contributed by atoms with Gasteiger partial charge in [0.1, 0.15) is 4.60 Å². The fourth-order valence-corrected chi connectivity index (χ4v) is 2.46. The Morgan fingerprint density at radius 1 is 1.58 bits per heavy atom. The van der Waals surface area contributed by atoms with Gasteiger partial charge in [-0.2, -0.15) is 0 Å². The Morgan fingerprint density at radius 2 is 2.26 bits per heavy atom. The van der Waals surface area contributed by atoms with Crippen molar-refractivity contribution in [3.05, 3.63) is 22.4 Å². The highest BCUT2D eigenvalue weighted by molar-refractivity contribution is 9.10. The second-order valence-corrected chi connectivity index (χ2v) is 6.01. The standard InChI is InChI=1S/C13H18BrN3O2/c1-8-10(5-6-11(14)15-8)16-12(19)17-13(2,7-18)9-3-4-9/h5-6,9,18H,3-4,7H2,1-2H3,(H2,16,17,19). The lowest BCUT2D eigenvalue weighted by Gasteiger charge is -2.28. The number of urea groups is 1. The molecule has 2 amide bonds. The van der Waals surface area contributed by atoms with Gasteiger partial charge in [0.05, 0.1) is 23.5 Å². The minimum Gasteiger partial charge on any atom is -0.394 e. The largest absolute Gasteiger partial charge is 0.394 e. The molecule has 2 rings (SSSR count). The topological polar surface area (TPSA) is 74.2 Å². The molecule has 3 N–H and O–H groups in total. The van der Waals surface area contributed by atoms with E-state index < -0.39 is 5.54 Å². The summed E-state index contributed by atoms with van der Waals surface area (Å²) in [6.45, 7) is 3.64. The number of nitrogens with zero attached hydrogens (tertiary/aromatic N) is 1. The highest BCUT2D eigenvalue weighted by Crippen LogP contribution is 2.39. The molecule has 1 aliphatic rings. The van der Waals surface area contributed by atoms with Crippen molar-refractivity contribution in [1.82, 2.24) is 10.3 Å². The van der Waals surface area contributed by atoms with E-state index in [4.69, 9.17) is 0 Å². The number of rotatable bonds is 4. The molecule has 5 nitrogen and oxygen atoms in total. The maximum Gasteiger partial charge on any atom is 0.319 e. The molecule has 1 atom stereocenters. The third kappa shape index (κ3) is 3.45. The fraction of sp³-hybridized carbons (Fsp3) is 0.538. The number of aliphatic hydroxyl groups is 1. The van der Waals surface area contributed by atoms with Crippen LogP contribution in [0.25, 0.3) is 0 Å². The van der Waals surface area contributed by atoms with E-state index in [1.54, 1.807) is 12.1 Å². The Kier molecular flexibility index (Phi) is 4.10. The van der Waals surface area contributed by atoms with Gasteiger partial charge in [-0.15, -0.1) is 0 Å². The number of hydrogen-bond acceptors (Lipinski definition) is 3. The molecule has 1 fully saturated rings. The van der Waals surface area contributed by atoms with Crippen molar-refractivity contribution in [2.75, 3.05) is 11.9 Å². The predicted molar refractivity (Wildman–Crippen MR) is 77.0 cm³/mol. The van der Waals surface area contributed by atoms with Crippen molar-refractivity contribution >= 4 is 27.6 Å². The first kappa shape index (κ1) is 14.3. The zero-order valence-electron chi connectivity index (χ0n) is 11.0. The molecular formula is C13H18BrN3O2. The van der Waals surface area contributed by atoms with Gasteiger partial charge in [-0.25, -0.2) is 9.78 Å². The van der Waals surface area contributed by atoms with Crippen molar-refractivity contribution in [3.8, 4) is 0 Å². The van der Waals surface area contributed by atoms with Crippen LogP contribution in [0.5, 0.6) is 0 Å². The number of aromatic nitrogens is 1. The predicted octanol–water partition coefficient (Wildman–Crippen LogP) is 2.44. The molecule has 1 aliphatic carbocycles. The second kappa shape index (κ2) is 5.46. The molecule has 0 saturated heterocycles. The van der Waals surface area contributed by atoms with Crippen LogP contribution in [0.2, 0.25) is 0 Å². The molecule has 0 radical (unpaired) electrons. The van der Waals surface area contributed by atoms with Crippen molar-refractivity contribution in [1.29, 1.82) is 0 Å². The van der Waals surface area contributed by atoms with Gasteiger partial charge in [0.15, 0.2) is 0 Å². The van der Waals surface area contributed by atoms with E-state index >= 15 is 0 Å². The Labute approximate surface area is 120 Å². The third-order valence-corrected chi connectivity index (χ3v) is 3.95. The highest BCUT2D eigenvalue weighted by atomic mass is 79.9. The average molecular weight is 328 g/mol. The first-order chi connectivity index (χ1) is 8.94. The number of pyridine rings is 1. The Balaban J connectivity index is 2.00. The van der Waals surface area contributed by atoms with E-state index in [0.717, 1.165) is 23.1 Å². The van der Waals surface area contributed by atoms with Crippen LogP contribution in [0.4, 0.5) is 10.5 Å². The quantitative estimate of drug-likeness (QED) is 0.743. The number of amides is 2. The van der Waals surface area contributed by atoms with Crippen LogP contribution in [0.1, 0.15) is 25.5 Å². The fourth-order valence-electron chi connectivity index (χ4n) is 2.07. The Hall–Kier alpha value is -1.14.